The molecule has 0 amide bonds. The van der Waals surface area contributed by atoms with Crippen LogP contribution < -0.4 is 5.14 Å². The topological polar surface area (TPSA) is 75.0 Å². The molecule has 7 heavy (non-hydrogen) atoms. The van der Waals surface area contributed by atoms with E-state index in [2.05, 4.69) is 0 Å². The van der Waals surface area contributed by atoms with Crippen molar-refractivity contribution in [2.45, 2.75) is 6.92 Å². The zero-order chi connectivity index (χ0) is 6.08. The molecular weight excluding hydrogens is 118 g/mol. The van der Waals surface area contributed by atoms with Gasteiger partial charge < -0.3 is 0 Å². The average molecular weight is 122 g/mol. The molecule has 0 rings (SSSR count). The van der Waals surface area contributed by atoms with Gasteiger partial charge in [0.1, 0.15) is 0 Å². The Morgan fingerprint density at radius 1 is 1.57 bits per heavy atom. The number of carbonyl (C=O) groups excluding carboxylic acids is 1. The highest BCUT2D eigenvalue weighted by Crippen LogP contribution is 1.77. The van der Waals surface area contributed by atoms with Gasteiger partial charge in [-0.2, -0.15) is 0 Å². The molecule has 0 aliphatic carbocycles. The van der Waals surface area contributed by atoms with Crippen LogP contribution in [-0.2, 0) is 14.8 Å². The van der Waals surface area contributed by atoms with Gasteiger partial charge in [0.25, 0.3) is 15.1 Å². The van der Waals surface area contributed by atoms with E-state index in [4.69, 9.17) is 5.14 Å². The van der Waals surface area contributed by atoms with Gasteiger partial charge >= 0.3 is 0 Å². The van der Waals surface area contributed by atoms with Crippen LogP contribution in [0.2, 0.25) is 0 Å². The molecule has 0 aliphatic rings. The fraction of sp³-hybridized carbons (Fsp3) is 0.500. The van der Waals surface area contributed by atoms with Gasteiger partial charge in [-0.3, -0.25) is 4.79 Å². The van der Waals surface area contributed by atoms with Crippen LogP contribution in [0, 0.1) is 0 Å². The van der Waals surface area contributed by atoms with Crippen LogP contribution in [0.4, 0.5) is 0 Å². The van der Waals surface area contributed by atoms with Gasteiger partial charge in [-0.25, -0.2) is 8.42 Å². The zero-order valence-corrected chi connectivity index (χ0v) is 4.45. The Balaban J connectivity index is 4.43. The van der Waals surface area contributed by atoms with Crippen LogP contribution in [0.1, 0.15) is 6.92 Å². The minimum atomic E-state index is -4.13. The van der Waals surface area contributed by atoms with Gasteiger partial charge in [-0.05, 0) is 0 Å². The van der Waals surface area contributed by atoms with Crippen LogP contribution in [0.3, 0.4) is 0 Å². The summed E-state index contributed by atoms with van der Waals surface area (Å²) in [6.07, 6.45) is 0. The van der Waals surface area contributed by atoms with Crippen molar-refractivity contribution in [1.82, 2.24) is 5.14 Å². The van der Waals surface area contributed by atoms with Crippen molar-refractivity contribution in [3.63, 3.8) is 0 Å². The van der Waals surface area contributed by atoms with Crippen molar-refractivity contribution >= 4 is 15.1 Å². The van der Waals surface area contributed by atoms with Crippen LogP contribution in [0.5, 0.6) is 0 Å². The van der Waals surface area contributed by atoms with E-state index >= 15 is 0 Å². The van der Waals surface area contributed by atoms with Crippen molar-refractivity contribution in [3.8, 4) is 0 Å². The summed E-state index contributed by atoms with van der Waals surface area (Å²) in [5, 5.41) is 4.89. The molecule has 0 bridgehead atoms. The third-order valence-corrected chi connectivity index (χ3v) is 1.14. The summed E-state index contributed by atoms with van der Waals surface area (Å²) in [5.41, 5.74) is 0. The maximum Gasteiger partial charge on any atom is 0.287 e. The number of rotatable bonds is 0. The molecule has 0 fully saturated rings. The van der Waals surface area contributed by atoms with Gasteiger partial charge in [-0.15, -0.1) is 5.14 Å². The highest BCUT2D eigenvalue weighted by atomic mass is 32.2. The average Bonchev–Trinajstić information content (AvgIpc) is 1.31. The van der Waals surface area contributed by atoms with Crippen molar-refractivity contribution in [2.24, 2.45) is 0 Å². The van der Waals surface area contributed by atoms with E-state index in [1.54, 1.807) is 0 Å². The van der Waals surface area contributed by atoms with Gasteiger partial charge in [0.05, 0.1) is 0 Å². The second kappa shape index (κ2) is 1.59. The fourth-order valence-corrected chi connectivity index (χ4v) is 0. The van der Waals surface area contributed by atoms with Crippen LogP contribution >= 0.6 is 0 Å². The number of sulfonamides is 1. The Hall–Kier alpha value is -0.420. The lowest BCUT2D eigenvalue weighted by Crippen LogP contribution is -2.09. The Kier molecular flexibility index (Phi) is 1.49. The second-order valence-electron chi connectivity index (χ2n) is 0.995. The van der Waals surface area contributed by atoms with Crippen LogP contribution in [0.15, 0.2) is 0 Å². The molecular formula is C2H4NO3S. The van der Waals surface area contributed by atoms with Crippen molar-refractivity contribution in [3.05, 3.63) is 0 Å². The third kappa shape index (κ3) is 2.30. The lowest BCUT2D eigenvalue weighted by atomic mass is 10.9. The number of nitrogens with one attached hydrogen (secondary N) is 1. The summed E-state index contributed by atoms with van der Waals surface area (Å²) in [6, 6.07) is 0. The third-order valence-electron chi connectivity index (χ3n) is 0.378. The van der Waals surface area contributed by atoms with E-state index in [0.717, 1.165) is 6.92 Å². The second-order valence-corrected chi connectivity index (χ2v) is 2.58. The lowest BCUT2D eigenvalue weighted by Gasteiger charge is -1.79. The lowest BCUT2D eigenvalue weighted by molar-refractivity contribution is -0.109. The summed E-state index contributed by atoms with van der Waals surface area (Å²) in [5.74, 6) is 0. The molecule has 0 aromatic heterocycles. The van der Waals surface area contributed by atoms with Crippen LogP contribution in [0.25, 0.3) is 0 Å². The highest BCUT2D eigenvalue weighted by Gasteiger charge is 2.08. The maximum absolute atomic E-state index is 9.69. The molecule has 0 saturated heterocycles. The summed E-state index contributed by atoms with van der Waals surface area (Å²) < 4.78 is 19.3. The predicted molar refractivity (Wildman–Crippen MR) is 22.7 cm³/mol. The summed E-state index contributed by atoms with van der Waals surface area (Å²) in [6.45, 7) is 0.836. The van der Waals surface area contributed by atoms with Crippen molar-refractivity contribution in [2.75, 3.05) is 0 Å². The Morgan fingerprint density at radius 2 is 1.71 bits per heavy atom. The molecule has 0 aliphatic heterocycles. The standard InChI is InChI=1S/C2H4NO3S/c1-2(4)7(3,5)6/h3H,1H3. The molecule has 41 valence electrons. The quantitative estimate of drug-likeness (QED) is 0.419. The van der Waals surface area contributed by atoms with E-state index in [1.807, 2.05) is 0 Å². The van der Waals surface area contributed by atoms with Crippen molar-refractivity contribution < 1.29 is 13.2 Å². The van der Waals surface area contributed by atoms with Gasteiger partial charge in [0, 0.05) is 6.92 Å². The first-order chi connectivity index (χ1) is 2.94. The van der Waals surface area contributed by atoms with E-state index in [-0.39, 0.29) is 0 Å². The van der Waals surface area contributed by atoms with E-state index in [0.29, 0.717) is 0 Å². The first-order valence-corrected chi connectivity index (χ1v) is 2.93. The smallest absolute Gasteiger partial charge is 0.280 e. The first kappa shape index (κ1) is 6.58. The van der Waals surface area contributed by atoms with E-state index in [1.165, 1.54) is 0 Å². The van der Waals surface area contributed by atoms with E-state index < -0.39 is 15.1 Å². The number of hydrogen-bond donors (Lipinski definition) is 0. The summed E-state index contributed by atoms with van der Waals surface area (Å²) in [4.78, 5) is 9.69. The molecule has 0 saturated carbocycles. The molecule has 0 heterocycles. The van der Waals surface area contributed by atoms with Gasteiger partial charge in [0.2, 0.25) is 0 Å². The Morgan fingerprint density at radius 3 is 1.71 bits per heavy atom. The molecule has 4 nitrogen and oxygen atoms in total. The monoisotopic (exact) mass is 122 g/mol. The van der Waals surface area contributed by atoms with E-state index in [9.17, 15) is 13.2 Å². The van der Waals surface area contributed by atoms with Crippen molar-refractivity contribution in [1.29, 1.82) is 0 Å². The zero-order valence-electron chi connectivity index (χ0n) is 3.63. The fourth-order valence-electron chi connectivity index (χ4n) is 0. The maximum atomic E-state index is 9.69. The van der Waals surface area contributed by atoms with Gasteiger partial charge in [0.15, 0.2) is 0 Å². The van der Waals surface area contributed by atoms with Gasteiger partial charge in [-0.1, -0.05) is 0 Å². The normalized spacial score (nSPS) is 11.1. The molecule has 5 heteroatoms. The molecule has 0 aromatic rings. The molecule has 0 atom stereocenters. The summed E-state index contributed by atoms with van der Waals surface area (Å²) >= 11 is 0. The predicted octanol–water partition coefficient (Wildman–Crippen LogP) is -0.854. The minimum absolute atomic E-state index is 0.836. The molecule has 0 aromatic carbocycles. The SMILES string of the molecule is CC(=O)S([NH])(=O)=O. The molecule has 0 unspecified atom stereocenters. The molecule has 0 spiro atoms. The summed E-state index contributed by atoms with van der Waals surface area (Å²) in [7, 11) is -4.13. The number of hydrogen-bond acceptors (Lipinski definition) is 3. The number of carbonyl (C=O) groups is 1. The molecule has 1 radical (unpaired) electrons. The van der Waals surface area contributed by atoms with Crippen LogP contribution in [-0.4, -0.2) is 13.5 Å². The largest absolute Gasteiger partial charge is 0.287 e. The first-order valence-electron chi connectivity index (χ1n) is 1.45. The minimum Gasteiger partial charge on any atom is -0.280 e. The Labute approximate surface area is 41.4 Å². The Bertz CT molecular complexity index is 167. The highest BCUT2D eigenvalue weighted by molar-refractivity contribution is 8.03. The molecule has 1 N–H and O–H groups in total.